The predicted octanol–water partition coefficient (Wildman–Crippen LogP) is 2.59. The number of hydrogen-bond acceptors (Lipinski definition) is 4. The number of likely N-dealkylation sites (tertiary alicyclic amines) is 1. The molecule has 5 heteroatoms. The normalized spacial score (nSPS) is 20.6. The van der Waals surface area contributed by atoms with Gasteiger partial charge in [0, 0.05) is 5.38 Å². The van der Waals surface area contributed by atoms with Gasteiger partial charge in [-0.1, -0.05) is 19.8 Å². The molecule has 1 aliphatic heterocycles. The number of thiazole rings is 1. The number of rotatable bonds is 5. The molecular weight excluding hydrogens is 270 g/mol. The Hall–Kier alpha value is -0.940. The Morgan fingerprint density at radius 1 is 1.50 bits per heavy atom. The molecule has 0 unspecified atom stereocenters. The quantitative estimate of drug-likeness (QED) is 0.908. The zero-order chi connectivity index (χ0) is 14.4. The Labute approximate surface area is 125 Å². The number of amides is 1. The summed E-state index contributed by atoms with van der Waals surface area (Å²) in [6.45, 7) is 3.74. The molecule has 1 N–H and O–H groups in total. The Kier molecular flexibility index (Phi) is 5.98. The second-order valence-electron chi connectivity index (χ2n) is 5.55. The lowest BCUT2D eigenvalue weighted by molar-refractivity contribution is -0.126. The molecule has 20 heavy (non-hydrogen) atoms. The van der Waals surface area contributed by atoms with Gasteiger partial charge >= 0.3 is 0 Å². The fraction of sp³-hybridized carbons (Fsp3) is 0.733. The lowest BCUT2D eigenvalue weighted by Crippen LogP contribution is -2.44. The van der Waals surface area contributed by atoms with Crippen LogP contribution in [0.2, 0.25) is 0 Å². The van der Waals surface area contributed by atoms with Crippen molar-refractivity contribution in [3.05, 3.63) is 16.1 Å². The molecule has 0 bridgehead atoms. The molecule has 1 fully saturated rings. The van der Waals surface area contributed by atoms with Gasteiger partial charge in [0.05, 0.1) is 23.3 Å². The number of carbonyl (C=O) groups is 1. The summed E-state index contributed by atoms with van der Waals surface area (Å²) >= 11 is 1.69. The molecule has 0 saturated carbocycles. The summed E-state index contributed by atoms with van der Waals surface area (Å²) in [5.41, 5.74) is 0.989. The van der Waals surface area contributed by atoms with Crippen LogP contribution in [-0.2, 0) is 17.8 Å². The number of hydrogen-bond donors (Lipinski definition) is 1. The smallest absolute Gasteiger partial charge is 0.237 e. The molecule has 2 heterocycles. The van der Waals surface area contributed by atoms with Crippen LogP contribution in [0.1, 0.15) is 49.7 Å². The first-order valence-corrected chi connectivity index (χ1v) is 8.50. The van der Waals surface area contributed by atoms with Crippen molar-refractivity contribution in [3.8, 4) is 0 Å². The van der Waals surface area contributed by atoms with Gasteiger partial charge in [0.25, 0.3) is 0 Å². The van der Waals surface area contributed by atoms with Gasteiger partial charge in [-0.15, -0.1) is 11.3 Å². The molecule has 0 radical (unpaired) electrons. The molecule has 1 aliphatic rings. The average Bonchev–Trinajstić information content (AvgIpc) is 2.77. The molecular formula is C15H25N3OS. The third-order valence-electron chi connectivity index (χ3n) is 3.83. The van der Waals surface area contributed by atoms with Crippen LogP contribution in [0.4, 0.5) is 0 Å². The van der Waals surface area contributed by atoms with Gasteiger partial charge in [-0.2, -0.15) is 0 Å². The highest BCUT2D eigenvalue weighted by molar-refractivity contribution is 7.09. The molecule has 1 aromatic rings. The van der Waals surface area contributed by atoms with Crippen molar-refractivity contribution in [1.29, 1.82) is 0 Å². The van der Waals surface area contributed by atoms with Gasteiger partial charge in [-0.3, -0.25) is 9.69 Å². The number of nitrogens with zero attached hydrogens (tertiary/aromatic N) is 2. The first-order chi connectivity index (χ1) is 9.70. The molecule has 4 nitrogen and oxygen atoms in total. The van der Waals surface area contributed by atoms with Crippen molar-refractivity contribution in [3.63, 3.8) is 0 Å². The van der Waals surface area contributed by atoms with Gasteiger partial charge < -0.3 is 5.32 Å². The highest BCUT2D eigenvalue weighted by Gasteiger charge is 2.24. The van der Waals surface area contributed by atoms with Crippen molar-refractivity contribution in [1.82, 2.24) is 15.2 Å². The molecule has 2 rings (SSSR count). The summed E-state index contributed by atoms with van der Waals surface area (Å²) in [6.07, 6.45) is 6.71. The zero-order valence-corrected chi connectivity index (χ0v) is 13.3. The molecule has 1 saturated heterocycles. The van der Waals surface area contributed by atoms with Gasteiger partial charge in [-0.05, 0) is 39.3 Å². The predicted molar refractivity (Wildman–Crippen MR) is 82.8 cm³/mol. The summed E-state index contributed by atoms with van der Waals surface area (Å²) in [7, 11) is 2.05. The van der Waals surface area contributed by atoms with Crippen LogP contribution in [0.25, 0.3) is 0 Å². The minimum Gasteiger partial charge on any atom is -0.349 e. The van der Waals surface area contributed by atoms with E-state index in [4.69, 9.17) is 0 Å². The van der Waals surface area contributed by atoms with E-state index in [2.05, 4.69) is 34.6 Å². The Morgan fingerprint density at radius 3 is 3.15 bits per heavy atom. The van der Waals surface area contributed by atoms with Gasteiger partial charge in [0.1, 0.15) is 0 Å². The Balaban J connectivity index is 1.83. The molecule has 0 aromatic carbocycles. The monoisotopic (exact) mass is 295 g/mol. The molecule has 112 valence electrons. The minimum absolute atomic E-state index is 0.0336. The largest absolute Gasteiger partial charge is 0.349 e. The molecule has 1 atom stereocenters. The lowest BCUT2D eigenvalue weighted by atomic mass is 10.1. The van der Waals surface area contributed by atoms with Crippen LogP contribution < -0.4 is 5.32 Å². The third kappa shape index (κ3) is 4.28. The summed E-state index contributed by atoms with van der Waals surface area (Å²) < 4.78 is 0. The number of carbonyl (C=O) groups excluding carboxylic acids is 1. The lowest BCUT2D eigenvalue weighted by Gasteiger charge is -2.24. The van der Waals surface area contributed by atoms with E-state index < -0.39 is 0 Å². The number of likely N-dealkylation sites (N-methyl/N-ethyl adjacent to an activating group) is 1. The number of aromatic nitrogens is 1. The van der Waals surface area contributed by atoms with Crippen molar-refractivity contribution in [2.24, 2.45) is 0 Å². The maximum atomic E-state index is 12.3. The summed E-state index contributed by atoms with van der Waals surface area (Å²) in [5.74, 6) is 0.152. The highest BCUT2D eigenvalue weighted by Crippen LogP contribution is 2.16. The van der Waals surface area contributed by atoms with E-state index in [-0.39, 0.29) is 11.9 Å². The van der Waals surface area contributed by atoms with Crippen LogP contribution in [0.3, 0.4) is 0 Å². The zero-order valence-electron chi connectivity index (χ0n) is 12.5. The van der Waals surface area contributed by atoms with Crippen LogP contribution >= 0.6 is 11.3 Å². The summed E-state index contributed by atoms with van der Waals surface area (Å²) in [4.78, 5) is 19.0. The first-order valence-electron chi connectivity index (χ1n) is 7.62. The maximum absolute atomic E-state index is 12.3. The number of nitrogens with one attached hydrogen (secondary N) is 1. The van der Waals surface area contributed by atoms with Crippen molar-refractivity contribution >= 4 is 17.2 Å². The standard InChI is InChI=1S/C15H25N3OS/c1-3-7-14-17-12(11-20-14)10-16-15(19)13-8-5-4-6-9-18(13)2/h11,13H,3-10H2,1-2H3,(H,16,19)/t13-/m1/s1. The average molecular weight is 295 g/mol. The summed E-state index contributed by atoms with van der Waals surface area (Å²) in [6, 6.07) is 0.0336. The van der Waals surface area contributed by atoms with Crippen LogP contribution in [-0.4, -0.2) is 35.4 Å². The van der Waals surface area contributed by atoms with E-state index >= 15 is 0 Å². The van der Waals surface area contributed by atoms with Gasteiger partial charge in [-0.25, -0.2) is 4.98 Å². The van der Waals surface area contributed by atoms with Crippen LogP contribution in [0.5, 0.6) is 0 Å². The second kappa shape index (κ2) is 7.74. The molecule has 0 aliphatic carbocycles. The Bertz CT molecular complexity index is 433. The third-order valence-corrected chi connectivity index (χ3v) is 4.79. The SMILES string of the molecule is CCCc1nc(CNC(=O)[C@H]2CCCCCN2C)cs1. The second-order valence-corrected chi connectivity index (χ2v) is 6.49. The topological polar surface area (TPSA) is 45.2 Å². The fourth-order valence-electron chi connectivity index (χ4n) is 2.64. The van der Waals surface area contributed by atoms with E-state index in [1.54, 1.807) is 11.3 Å². The summed E-state index contributed by atoms with van der Waals surface area (Å²) in [5, 5.41) is 6.27. The molecule has 1 amide bonds. The maximum Gasteiger partial charge on any atom is 0.237 e. The van der Waals surface area contributed by atoms with Crippen LogP contribution in [0, 0.1) is 0 Å². The van der Waals surface area contributed by atoms with E-state index in [0.29, 0.717) is 6.54 Å². The molecule has 0 spiro atoms. The molecule has 1 aromatic heterocycles. The highest BCUT2D eigenvalue weighted by atomic mass is 32.1. The first kappa shape index (κ1) is 15.4. The van der Waals surface area contributed by atoms with Crippen molar-refractivity contribution in [2.75, 3.05) is 13.6 Å². The van der Waals surface area contributed by atoms with Gasteiger partial charge in [0.15, 0.2) is 0 Å². The van der Waals surface area contributed by atoms with Gasteiger partial charge in [0.2, 0.25) is 5.91 Å². The van der Waals surface area contributed by atoms with E-state index in [0.717, 1.165) is 37.9 Å². The van der Waals surface area contributed by atoms with Crippen molar-refractivity contribution < 1.29 is 4.79 Å². The van der Waals surface area contributed by atoms with Crippen LogP contribution in [0.15, 0.2) is 5.38 Å². The van der Waals surface area contributed by atoms with E-state index in [1.165, 1.54) is 17.8 Å². The van der Waals surface area contributed by atoms with E-state index in [1.807, 2.05) is 0 Å². The van der Waals surface area contributed by atoms with Crippen molar-refractivity contribution in [2.45, 2.75) is 58.0 Å². The Morgan fingerprint density at radius 2 is 2.35 bits per heavy atom. The van der Waals surface area contributed by atoms with E-state index in [9.17, 15) is 4.79 Å². The number of aryl methyl sites for hydroxylation is 1. The fourth-order valence-corrected chi connectivity index (χ4v) is 3.54. The minimum atomic E-state index is 0.0336.